The quantitative estimate of drug-likeness (QED) is 0.857. The van der Waals surface area contributed by atoms with Crippen molar-refractivity contribution in [2.24, 2.45) is 5.73 Å². The number of hydrogen-bond donors (Lipinski definition) is 1. The summed E-state index contributed by atoms with van der Waals surface area (Å²) in [4.78, 5) is 12.1. The summed E-state index contributed by atoms with van der Waals surface area (Å²) in [5.41, 5.74) is 6.71. The van der Waals surface area contributed by atoms with Crippen molar-refractivity contribution in [3.8, 4) is 5.75 Å². The number of hydrogen-bond acceptors (Lipinski definition) is 4. The molecule has 4 heteroatoms. The second-order valence-electron chi connectivity index (χ2n) is 4.93. The molecule has 0 radical (unpaired) electrons. The molecule has 2 aromatic rings. The van der Waals surface area contributed by atoms with Crippen LogP contribution in [-0.4, -0.2) is 19.7 Å². The predicted octanol–water partition coefficient (Wildman–Crippen LogP) is 2.40. The molecule has 2 N–H and O–H groups in total. The lowest BCUT2D eigenvalue weighted by molar-refractivity contribution is -0.148. The largest absolute Gasteiger partial charge is 0.491 e. The van der Waals surface area contributed by atoms with Crippen LogP contribution in [0, 0.1) is 6.92 Å². The molecule has 0 aliphatic carbocycles. The second kappa shape index (κ2) is 6.41. The molecule has 0 fully saturated rings. The van der Waals surface area contributed by atoms with Crippen LogP contribution in [0.1, 0.15) is 11.1 Å². The molecule has 0 heterocycles. The van der Waals surface area contributed by atoms with Gasteiger partial charge in [0.15, 0.2) is 5.54 Å². The molecule has 4 nitrogen and oxygen atoms in total. The fourth-order valence-electron chi connectivity index (χ4n) is 2.01. The van der Waals surface area contributed by atoms with Crippen LogP contribution >= 0.6 is 0 Å². The first-order valence-electron chi connectivity index (χ1n) is 6.68. The number of aryl methyl sites for hydroxylation is 1. The van der Waals surface area contributed by atoms with Crippen LogP contribution in [0.25, 0.3) is 0 Å². The van der Waals surface area contributed by atoms with Crippen LogP contribution in [0.3, 0.4) is 0 Å². The van der Waals surface area contributed by atoms with Gasteiger partial charge in [-0.2, -0.15) is 0 Å². The molecule has 2 rings (SSSR count). The van der Waals surface area contributed by atoms with E-state index in [4.69, 9.17) is 15.2 Å². The highest BCUT2D eigenvalue weighted by atomic mass is 16.5. The Kier molecular flexibility index (Phi) is 4.60. The van der Waals surface area contributed by atoms with Gasteiger partial charge in [0, 0.05) is 0 Å². The minimum Gasteiger partial charge on any atom is -0.491 e. The smallest absolute Gasteiger partial charge is 0.334 e. The zero-order valence-electron chi connectivity index (χ0n) is 12.2. The molecule has 0 aromatic heterocycles. The lowest BCUT2D eigenvalue weighted by atomic mass is 9.92. The molecule has 0 saturated carbocycles. The Morgan fingerprint density at radius 1 is 1.10 bits per heavy atom. The zero-order chi connectivity index (χ0) is 15.3. The topological polar surface area (TPSA) is 61.5 Å². The Hall–Kier alpha value is -2.33. The SMILES string of the molecule is COC(=O)C(N)(COc1ccc(C)cc1)c1ccccc1. The summed E-state index contributed by atoms with van der Waals surface area (Å²) in [6, 6.07) is 16.7. The number of ether oxygens (including phenoxy) is 2. The van der Waals surface area contributed by atoms with Crippen LogP contribution < -0.4 is 10.5 Å². The Bertz CT molecular complexity index is 595. The number of benzene rings is 2. The fourth-order valence-corrected chi connectivity index (χ4v) is 2.01. The number of carbonyl (C=O) groups excluding carboxylic acids is 1. The molecular formula is C17H19NO3. The van der Waals surface area contributed by atoms with Gasteiger partial charge in [-0.05, 0) is 24.6 Å². The molecule has 0 aliphatic rings. The molecule has 2 aromatic carbocycles. The third-order valence-electron chi connectivity index (χ3n) is 3.33. The highest BCUT2D eigenvalue weighted by Gasteiger charge is 2.38. The van der Waals surface area contributed by atoms with Crippen LogP contribution in [0.15, 0.2) is 54.6 Å². The molecule has 21 heavy (non-hydrogen) atoms. The minimum absolute atomic E-state index is 0.00669. The maximum absolute atomic E-state index is 12.1. The van der Waals surface area contributed by atoms with Crippen molar-refractivity contribution in [3.63, 3.8) is 0 Å². The lowest BCUT2D eigenvalue weighted by Crippen LogP contribution is -2.50. The monoisotopic (exact) mass is 285 g/mol. The molecule has 0 bridgehead atoms. The van der Waals surface area contributed by atoms with E-state index in [9.17, 15) is 4.79 Å². The second-order valence-corrected chi connectivity index (χ2v) is 4.93. The van der Waals surface area contributed by atoms with Gasteiger partial charge in [0.25, 0.3) is 0 Å². The summed E-state index contributed by atoms with van der Waals surface area (Å²) in [5.74, 6) is 0.135. The van der Waals surface area contributed by atoms with Crippen LogP contribution in [0.5, 0.6) is 5.75 Å². The first-order chi connectivity index (χ1) is 10.1. The van der Waals surface area contributed by atoms with Crippen molar-refractivity contribution in [3.05, 3.63) is 65.7 Å². The van der Waals surface area contributed by atoms with Gasteiger partial charge in [-0.15, -0.1) is 0 Å². The fraction of sp³-hybridized carbons (Fsp3) is 0.235. The summed E-state index contributed by atoms with van der Waals surface area (Å²) in [5, 5.41) is 0. The normalized spacial score (nSPS) is 13.3. The van der Waals surface area contributed by atoms with E-state index in [0.717, 1.165) is 5.56 Å². The predicted molar refractivity (Wildman–Crippen MR) is 81.0 cm³/mol. The molecule has 0 aliphatic heterocycles. The van der Waals surface area contributed by atoms with Crippen LogP contribution in [-0.2, 0) is 15.1 Å². The van der Waals surface area contributed by atoms with E-state index in [0.29, 0.717) is 11.3 Å². The number of esters is 1. The van der Waals surface area contributed by atoms with E-state index >= 15 is 0 Å². The maximum Gasteiger partial charge on any atom is 0.334 e. The van der Waals surface area contributed by atoms with Gasteiger partial charge in [0.2, 0.25) is 0 Å². The van der Waals surface area contributed by atoms with Crippen molar-refractivity contribution in [2.75, 3.05) is 13.7 Å². The van der Waals surface area contributed by atoms with Crippen molar-refractivity contribution in [2.45, 2.75) is 12.5 Å². The van der Waals surface area contributed by atoms with Gasteiger partial charge in [-0.25, -0.2) is 4.79 Å². The third-order valence-corrected chi connectivity index (χ3v) is 3.33. The van der Waals surface area contributed by atoms with E-state index in [1.54, 1.807) is 12.1 Å². The summed E-state index contributed by atoms with van der Waals surface area (Å²) >= 11 is 0. The lowest BCUT2D eigenvalue weighted by Gasteiger charge is -2.27. The van der Waals surface area contributed by atoms with Crippen molar-refractivity contribution < 1.29 is 14.3 Å². The molecule has 1 atom stereocenters. The molecule has 1 unspecified atom stereocenters. The van der Waals surface area contributed by atoms with E-state index in [1.807, 2.05) is 49.4 Å². The summed E-state index contributed by atoms with van der Waals surface area (Å²) < 4.78 is 10.5. The Balaban J connectivity index is 2.21. The number of nitrogens with two attached hydrogens (primary N) is 1. The third kappa shape index (κ3) is 3.41. The molecule has 0 spiro atoms. The van der Waals surface area contributed by atoms with E-state index in [1.165, 1.54) is 7.11 Å². The average molecular weight is 285 g/mol. The Morgan fingerprint density at radius 2 is 1.71 bits per heavy atom. The van der Waals surface area contributed by atoms with E-state index < -0.39 is 11.5 Å². The molecule has 0 saturated heterocycles. The minimum atomic E-state index is -1.33. The highest BCUT2D eigenvalue weighted by Crippen LogP contribution is 2.22. The Labute approximate surface area is 124 Å². The van der Waals surface area contributed by atoms with Crippen molar-refractivity contribution in [1.29, 1.82) is 0 Å². The maximum atomic E-state index is 12.1. The van der Waals surface area contributed by atoms with Crippen LogP contribution in [0.2, 0.25) is 0 Å². The molecule has 0 amide bonds. The number of rotatable bonds is 5. The van der Waals surface area contributed by atoms with Crippen LogP contribution in [0.4, 0.5) is 0 Å². The molecular weight excluding hydrogens is 266 g/mol. The number of carbonyl (C=O) groups is 1. The Morgan fingerprint density at radius 3 is 2.29 bits per heavy atom. The zero-order valence-corrected chi connectivity index (χ0v) is 12.2. The molecule has 110 valence electrons. The summed E-state index contributed by atoms with van der Waals surface area (Å²) in [6.07, 6.45) is 0. The van der Waals surface area contributed by atoms with Crippen molar-refractivity contribution >= 4 is 5.97 Å². The van der Waals surface area contributed by atoms with Gasteiger partial charge in [0.05, 0.1) is 7.11 Å². The van der Waals surface area contributed by atoms with Gasteiger partial charge in [-0.3, -0.25) is 0 Å². The van der Waals surface area contributed by atoms with E-state index in [2.05, 4.69) is 0 Å². The van der Waals surface area contributed by atoms with Crippen molar-refractivity contribution in [1.82, 2.24) is 0 Å². The van der Waals surface area contributed by atoms with Gasteiger partial charge >= 0.3 is 5.97 Å². The number of methoxy groups -OCH3 is 1. The highest BCUT2D eigenvalue weighted by molar-refractivity contribution is 5.82. The van der Waals surface area contributed by atoms with Gasteiger partial charge < -0.3 is 15.2 Å². The first kappa shape index (κ1) is 15.1. The average Bonchev–Trinajstić information content (AvgIpc) is 2.54. The standard InChI is InChI=1S/C17H19NO3/c1-13-8-10-15(11-9-13)21-12-17(18,16(19)20-2)14-6-4-3-5-7-14/h3-11H,12,18H2,1-2H3. The van der Waals surface area contributed by atoms with Gasteiger partial charge in [-0.1, -0.05) is 48.0 Å². The first-order valence-corrected chi connectivity index (χ1v) is 6.68. The summed E-state index contributed by atoms with van der Waals surface area (Å²) in [7, 11) is 1.32. The van der Waals surface area contributed by atoms with E-state index in [-0.39, 0.29) is 6.61 Å². The van der Waals surface area contributed by atoms with Gasteiger partial charge in [0.1, 0.15) is 12.4 Å². The summed E-state index contributed by atoms with van der Waals surface area (Å²) in [6.45, 7) is 2.00.